The molecule has 4 N–H and O–H groups in total. The van der Waals surface area contributed by atoms with Crippen LogP contribution < -0.4 is 0 Å². The van der Waals surface area contributed by atoms with E-state index in [1.165, 1.54) is 6.92 Å². The maximum Gasteiger partial charge on any atom is 0.306 e. The first-order chi connectivity index (χ1) is 17.5. The Balaban J connectivity index is 1.80. The van der Waals surface area contributed by atoms with Crippen molar-refractivity contribution in [2.45, 2.75) is 97.6 Å². The Labute approximate surface area is 224 Å². The third-order valence-electron chi connectivity index (χ3n) is 10.9. The first-order valence-electron chi connectivity index (χ1n) is 13.6. The first-order valence-corrected chi connectivity index (χ1v) is 13.6. The van der Waals surface area contributed by atoms with Gasteiger partial charge in [-0.15, -0.1) is 0 Å². The van der Waals surface area contributed by atoms with Crippen LogP contribution in [0.5, 0.6) is 0 Å². The number of ether oxygens (including phenoxy) is 1. The van der Waals surface area contributed by atoms with Gasteiger partial charge in [-0.1, -0.05) is 51.5 Å². The topological polar surface area (TPSA) is 145 Å². The van der Waals surface area contributed by atoms with Crippen LogP contribution in [0.3, 0.4) is 0 Å². The Bertz CT molecular complexity index is 1140. The summed E-state index contributed by atoms with van der Waals surface area (Å²) in [7, 11) is 0. The number of aliphatic hydroxyl groups is 2. The number of carbonyl (C=O) groups excluding carboxylic acids is 1. The summed E-state index contributed by atoms with van der Waals surface area (Å²) in [6, 6.07) is 0. The molecule has 0 amide bonds. The average molecular weight is 531 g/mol. The number of epoxide rings is 1. The second-order valence-electron chi connectivity index (χ2n) is 12.9. The van der Waals surface area contributed by atoms with Gasteiger partial charge in [-0.2, -0.15) is 0 Å². The van der Waals surface area contributed by atoms with Crippen molar-refractivity contribution in [3.8, 4) is 0 Å². The average Bonchev–Trinajstić information content (AvgIpc) is 3.50. The van der Waals surface area contributed by atoms with Gasteiger partial charge in [0.05, 0.1) is 24.2 Å². The lowest BCUT2D eigenvalue weighted by molar-refractivity contribution is -0.143. The van der Waals surface area contributed by atoms with Crippen molar-refractivity contribution >= 4 is 17.7 Å². The summed E-state index contributed by atoms with van der Waals surface area (Å²) in [6.07, 6.45) is 2.47. The Morgan fingerprint density at radius 1 is 1.18 bits per heavy atom. The molecule has 0 aromatic carbocycles. The number of carboxylic acids is 2. The van der Waals surface area contributed by atoms with Gasteiger partial charge in [-0.25, -0.2) is 0 Å². The Hall–Kier alpha value is -2.29. The van der Waals surface area contributed by atoms with Crippen LogP contribution in [0, 0.1) is 34.0 Å². The number of ketones is 1. The van der Waals surface area contributed by atoms with Crippen molar-refractivity contribution in [2.75, 3.05) is 0 Å². The molecule has 4 aliphatic rings. The zero-order valence-electron chi connectivity index (χ0n) is 23.3. The van der Waals surface area contributed by atoms with Crippen molar-refractivity contribution in [3.05, 3.63) is 35.5 Å². The van der Waals surface area contributed by atoms with Crippen LogP contribution in [0.25, 0.3) is 0 Å². The zero-order valence-corrected chi connectivity index (χ0v) is 23.3. The summed E-state index contributed by atoms with van der Waals surface area (Å²) in [5.74, 6) is -3.20. The number of aliphatic carboxylic acids is 2. The number of fused-ring (bicyclic) bond motifs is 1. The molecule has 3 fully saturated rings. The van der Waals surface area contributed by atoms with E-state index in [1.807, 2.05) is 34.6 Å². The van der Waals surface area contributed by atoms with Crippen LogP contribution in [0.15, 0.2) is 35.5 Å². The number of hydrogen-bond donors (Lipinski definition) is 4. The van der Waals surface area contributed by atoms with E-state index in [1.54, 1.807) is 12.2 Å². The fourth-order valence-corrected chi connectivity index (χ4v) is 8.49. The van der Waals surface area contributed by atoms with E-state index in [2.05, 4.69) is 6.58 Å². The molecule has 38 heavy (non-hydrogen) atoms. The summed E-state index contributed by atoms with van der Waals surface area (Å²) in [5, 5.41) is 41.0. The molecule has 1 spiro atoms. The SMILES string of the molecule is C=C(C)C1CC2OC23C(=CC(=O)C2(C)C(C(C)=CC(O)CC(C)C(=O)O)CC(O)C23C)C1(C)CCC(=O)O. The maximum atomic E-state index is 14.2. The molecule has 10 atom stereocenters. The summed E-state index contributed by atoms with van der Waals surface area (Å²) in [4.78, 5) is 37.0. The summed E-state index contributed by atoms with van der Waals surface area (Å²) in [6.45, 7) is 15.3. The minimum Gasteiger partial charge on any atom is -0.481 e. The van der Waals surface area contributed by atoms with Crippen LogP contribution in [0.1, 0.15) is 73.6 Å². The number of carboxylic acid groups (broad SMARTS) is 2. The van der Waals surface area contributed by atoms with Crippen molar-refractivity contribution in [3.63, 3.8) is 0 Å². The molecule has 2 saturated carbocycles. The van der Waals surface area contributed by atoms with Crippen molar-refractivity contribution in [1.29, 1.82) is 0 Å². The molecule has 0 aromatic heterocycles. The molecule has 1 heterocycles. The normalized spacial score (nSPS) is 43.3. The highest BCUT2D eigenvalue weighted by Crippen LogP contribution is 2.78. The van der Waals surface area contributed by atoms with E-state index < -0.39 is 51.9 Å². The van der Waals surface area contributed by atoms with Gasteiger partial charge in [0.2, 0.25) is 0 Å². The fourth-order valence-electron chi connectivity index (χ4n) is 8.49. The first kappa shape index (κ1) is 28.7. The summed E-state index contributed by atoms with van der Waals surface area (Å²) in [5.41, 5.74) is -1.13. The van der Waals surface area contributed by atoms with Crippen LogP contribution in [0.4, 0.5) is 0 Å². The number of hydrogen-bond acceptors (Lipinski definition) is 6. The molecule has 10 unspecified atom stereocenters. The van der Waals surface area contributed by atoms with Crippen molar-refractivity contribution < 1.29 is 39.5 Å². The molecular formula is C30H42O8. The Morgan fingerprint density at radius 2 is 1.82 bits per heavy atom. The van der Waals surface area contributed by atoms with E-state index >= 15 is 0 Å². The number of aliphatic hydroxyl groups excluding tert-OH is 2. The predicted octanol–water partition coefficient (Wildman–Crippen LogP) is 3.91. The predicted molar refractivity (Wildman–Crippen MR) is 140 cm³/mol. The fraction of sp³-hybridized carbons (Fsp3) is 0.700. The third-order valence-corrected chi connectivity index (χ3v) is 10.9. The van der Waals surface area contributed by atoms with E-state index in [9.17, 15) is 34.8 Å². The number of rotatable bonds is 9. The molecule has 1 aliphatic heterocycles. The van der Waals surface area contributed by atoms with Crippen molar-refractivity contribution in [1.82, 2.24) is 0 Å². The number of carbonyl (C=O) groups is 3. The highest BCUT2D eigenvalue weighted by atomic mass is 16.6. The van der Waals surface area contributed by atoms with Gasteiger partial charge in [0.1, 0.15) is 5.60 Å². The molecule has 8 heteroatoms. The van der Waals surface area contributed by atoms with Crippen LogP contribution in [-0.2, 0) is 19.1 Å². The zero-order chi connectivity index (χ0) is 28.6. The standard InChI is InChI=1S/C30H42O8/c1-15(2)19-13-24-30(38-24)21(27(19,5)9-8-25(34)35)14-22(32)28(6)20(12-23(33)29(28,30)7)16(3)10-18(31)11-17(4)26(36)37/h10,14,17-20,23-24,31,33H,1,8-9,11-13H2,2-7H3,(H,34,35)(H,36,37). The molecule has 0 aromatic rings. The molecule has 4 rings (SSSR count). The molecule has 210 valence electrons. The van der Waals surface area contributed by atoms with Crippen LogP contribution in [-0.4, -0.2) is 62.1 Å². The molecule has 0 bridgehead atoms. The lowest BCUT2D eigenvalue weighted by Gasteiger charge is -2.57. The minimum absolute atomic E-state index is 0.0489. The summed E-state index contributed by atoms with van der Waals surface area (Å²) >= 11 is 0. The second kappa shape index (κ2) is 9.14. The van der Waals surface area contributed by atoms with Crippen LogP contribution in [0.2, 0.25) is 0 Å². The Morgan fingerprint density at radius 3 is 2.37 bits per heavy atom. The van der Waals surface area contributed by atoms with E-state index in [0.717, 1.165) is 16.7 Å². The quantitative estimate of drug-likeness (QED) is 0.259. The minimum atomic E-state index is -1.03. The highest BCUT2D eigenvalue weighted by Gasteiger charge is 2.84. The van der Waals surface area contributed by atoms with Gasteiger partial charge < -0.3 is 25.2 Å². The third kappa shape index (κ3) is 3.70. The van der Waals surface area contributed by atoms with E-state index in [-0.39, 0.29) is 36.6 Å². The molecule has 0 radical (unpaired) electrons. The number of allylic oxidation sites excluding steroid dienone is 3. The van der Waals surface area contributed by atoms with Gasteiger partial charge in [-0.05, 0) is 68.4 Å². The van der Waals surface area contributed by atoms with Gasteiger partial charge in [0.15, 0.2) is 5.78 Å². The smallest absolute Gasteiger partial charge is 0.306 e. The van der Waals surface area contributed by atoms with Crippen molar-refractivity contribution in [2.24, 2.45) is 34.0 Å². The molecule has 1 saturated heterocycles. The maximum absolute atomic E-state index is 14.2. The highest BCUT2D eigenvalue weighted by molar-refractivity contribution is 5.99. The largest absolute Gasteiger partial charge is 0.481 e. The molecule has 3 aliphatic carbocycles. The monoisotopic (exact) mass is 530 g/mol. The van der Waals surface area contributed by atoms with Crippen LogP contribution >= 0.6 is 0 Å². The van der Waals surface area contributed by atoms with Gasteiger partial charge in [0.25, 0.3) is 0 Å². The van der Waals surface area contributed by atoms with Gasteiger partial charge in [-0.3, -0.25) is 14.4 Å². The lowest BCUT2D eigenvalue weighted by atomic mass is 9.43. The lowest BCUT2D eigenvalue weighted by Crippen LogP contribution is -2.63. The molecule has 8 nitrogen and oxygen atoms in total. The summed E-state index contributed by atoms with van der Waals surface area (Å²) < 4.78 is 6.54. The van der Waals surface area contributed by atoms with E-state index in [4.69, 9.17) is 4.74 Å². The van der Waals surface area contributed by atoms with Gasteiger partial charge in [0, 0.05) is 17.3 Å². The van der Waals surface area contributed by atoms with E-state index in [0.29, 0.717) is 19.3 Å². The Kier molecular flexibility index (Phi) is 6.90. The van der Waals surface area contributed by atoms with Gasteiger partial charge >= 0.3 is 11.9 Å². The molecular weight excluding hydrogens is 488 g/mol. The second-order valence-corrected chi connectivity index (χ2v) is 12.9.